The average molecular weight is 730 g/mol. The molecule has 0 heterocycles. The molecule has 0 aromatic carbocycles. The van der Waals surface area contributed by atoms with Crippen molar-refractivity contribution in [1.82, 2.24) is 5.32 Å². The molecule has 0 aromatic rings. The highest BCUT2D eigenvalue weighted by atomic mass is 32.2. The van der Waals surface area contributed by atoms with Gasteiger partial charge in [0.05, 0.1) is 17.9 Å². The first kappa shape index (κ1) is 49.0. The topological polar surface area (TPSA) is 124 Å². The molecular formula is C42H83NO6S. The van der Waals surface area contributed by atoms with Crippen LogP contribution in [0.5, 0.6) is 0 Å². The van der Waals surface area contributed by atoms with Crippen molar-refractivity contribution in [2.24, 2.45) is 0 Å². The van der Waals surface area contributed by atoms with Crippen LogP contribution in [0.2, 0.25) is 0 Å². The summed E-state index contributed by atoms with van der Waals surface area (Å²) in [4.78, 5) is 12.6. The van der Waals surface area contributed by atoms with Gasteiger partial charge in [0.15, 0.2) is 0 Å². The zero-order chi connectivity index (χ0) is 37.0. The lowest BCUT2D eigenvalue weighted by Crippen LogP contribution is -2.50. The van der Waals surface area contributed by atoms with E-state index >= 15 is 0 Å². The third-order valence-electron chi connectivity index (χ3n) is 10.1. The van der Waals surface area contributed by atoms with E-state index in [1.807, 2.05) is 0 Å². The van der Waals surface area contributed by atoms with Crippen LogP contribution in [-0.2, 0) is 14.9 Å². The van der Waals surface area contributed by atoms with Gasteiger partial charge in [0, 0.05) is 0 Å². The molecule has 0 bridgehead atoms. The van der Waals surface area contributed by atoms with Crippen molar-refractivity contribution in [3.63, 3.8) is 0 Å². The van der Waals surface area contributed by atoms with Gasteiger partial charge in [-0.25, -0.2) is 0 Å². The molecule has 298 valence electrons. The molecule has 4 N–H and O–H groups in total. The largest absolute Gasteiger partial charge is 0.387 e. The maximum absolute atomic E-state index is 12.6. The number of hydrogen-bond acceptors (Lipinski definition) is 5. The Morgan fingerprint density at radius 2 is 0.860 bits per heavy atom. The van der Waals surface area contributed by atoms with Crippen LogP contribution in [0.25, 0.3) is 0 Å². The Balaban J connectivity index is 3.93. The summed E-state index contributed by atoms with van der Waals surface area (Å²) in [6.45, 7) is 4.51. The van der Waals surface area contributed by atoms with Gasteiger partial charge in [-0.15, -0.1) is 0 Å². The molecule has 3 unspecified atom stereocenters. The summed E-state index contributed by atoms with van der Waals surface area (Å²) in [5, 5.41) is 23.4. The Labute approximate surface area is 310 Å². The number of nitrogens with one attached hydrogen (secondary N) is 1. The highest BCUT2D eigenvalue weighted by Crippen LogP contribution is 2.16. The van der Waals surface area contributed by atoms with Crippen LogP contribution in [0, 0.1) is 0 Å². The van der Waals surface area contributed by atoms with Gasteiger partial charge in [0.2, 0.25) is 5.91 Å². The summed E-state index contributed by atoms with van der Waals surface area (Å²) >= 11 is 0. The Bertz CT molecular complexity index is 864. The van der Waals surface area contributed by atoms with Crippen molar-refractivity contribution in [3.8, 4) is 0 Å². The number of aliphatic hydroxyl groups excluding tert-OH is 2. The van der Waals surface area contributed by atoms with Gasteiger partial charge in [-0.2, -0.15) is 8.42 Å². The quantitative estimate of drug-likeness (QED) is 0.0284. The van der Waals surface area contributed by atoms with Gasteiger partial charge < -0.3 is 15.5 Å². The second kappa shape index (κ2) is 36.4. The van der Waals surface area contributed by atoms with E-state index in [-0.39, 0.29) is 6.42 Å². The van der Waals surface area contributed by atoms with Gasteiger partial charge in [-0.1, -0.05) is 219 Å². The lowest BCUT2D eigenvalue weighted by Gasteiger charge is -2.22. The molecule has 0 fully saturated rings. The van der Waals surface area contributed by atoms with Crippen molar-refractivity contribution >= 4 is 16.0 Å². The van der Waals surface area contributed by atoms with Crippen molar-refractivity contribution in [1.29, 1.82) is 0 Å². The maximum Gasteiger partial charge on any atom is 0.267 e. The van der Waals surface area contributed by atoms with Crippen LogP contribution in [0.3, 0.4) is 0 Å². The number of allylic oxidation sites excluding steroid dienone is 1. The first-order valence-corrected chi connectivity index (χ1v) is 23.1. The number of hydrogen-bond donors (Lipinski definition) is 4. The minimum Gasteiger partial charge on any atom is -0.387 e. The van der Waals surface area contributed by atoms with Gasteiger partial charge in [0.1, 0.15) is 6.10 Å². The zero-order valence-electron chi connectivity index (χ0n) is 32.9. The van der Waals surface area contributed by atoms with Crippen LogP contribution < -0.4 is 5.32 Å². The average Bonchev–Trinajstić information content (AvgIpc) is 3.08. The second-order valence-electron chi connectivity index (χ2n) is 15.1. The van der Waals surface area contributed by atoms with Crippen molar-refractivity contribution in [3.05, 3.63) is 12.2 Å². The number of amides is 1. The molecule has 1 amide bonds. The first-order valence-electron chi connectivity index (χ1n) is 21.5. The molecule has 0 aromatic heterocycles. The van der Waals surface area contributed by atoms with Gasteiger partial charge >= 0.3 is 0 Å². The summed E-state index contributed by atoms with van der Waals surface area (Å²) in [6, 6.07) is -1.23. The Hall–Kier alpha value is -0.960. The number of unbranched alkanes of at least 4 members (excludes halogenated alkanes) is 30. The summed E-state index contributed by atoms with van der Waals surface area (Å²) in [6.07, 6.45) is 41.3. The van der Waals surface area contributed by atoms with E-state index < -0.39 is 40.0 Å². The molecule has 8 heteroatoms. The van der Waals surface area contributed by atoms with Crippen molar-refractivity contribution in [2.75, 3.05) is 5.75 Å². The highest BCUT2D eigenvalue weighted by molar-refractivity contribution is 7.85. The molecule has 50 heavy (non-hydrogen) atoms. The summed E-state index contributed by atoms with van der Waals surface area (Å²) in [5.41, 5.74) is 0. The van der Waals surface area contributed by atoms with E-state index in [2.05, 4.69) is 19.2 Å². The van der Waals surface area contributed by atoms with E-state index in [0.717, 1.165) is 38.5 Å². The van der Waals surface area contributed by atoms with Crippen molar-refractivity contribution in [2.45, 2.75) is 244 Å². The molecule has 0 saturated carbocycles. The van der Waals surface area contributed by atoms with E-state index in [1.54, 1.807) is 6.08 Å². The number of carbonyl (C=O) groups excluding carboxylic acids is 1. The standard InChI is InChI=1S/C42H83NO6S/c1-3-5-7-9-11-13-15-17-18-19-20-21-22-23-25-27-29-31-33-35-37-41(45)42(46)43-39(38-50(47,48)49)40(44)36-34-32-30-28-26-24-16-14-12-10-8-6-4-2/h34,36,39-41,44-45H,3-33,35,37-38H2,1-2H3,(H,43,46)(H,47,48,49)/b36-34+. The molecule has 0 aliphatic rings. The molecule has 3 atom stereocenters. The van der Waals surface area contributed by atoms with E-state index in [0.29, 0.717) is 6.42 Å². The molecule has 7 nitrogen and oxygen atoms in total. The lowest BCUT2D eigenvalue weighted by molar-refractivity contribution is -0.130. The van der Waals surface area contributed by atoms with Crippen LogP contribution in [0.1, 0.15) is 226 Å². The second-order valence-corrected chi connectivity index (χ2v) is 16.6. The van der Waals surface area contributed by atoms with Crippen LogP contribution in [-0.4, -0.2) is 53.1 Å². The number of carbonyl (C=O) groups is 1. The third-order valence-corrected chi connectivity index (χ3v) is 10.9. The lowest BCUT2D eigenvalue weighted by atomic mass is 10.0. The summed E-state index contributed by atoms with van der Waals surface area (Å²) in [7, 11) is -4.43. The molecule has 0 saturated heterocycles. The first-order chi connectivity index (χ1) is 24.2. The SMILES string of the molecule is CCCCCCCCCCCCC/C=C/C(O)C(CS(=O)(=O)O)NC(=O)C(O)CCCCCCCCCCCCCCCCCCCCCC. The summed E-state index contributed by atoms with van der Waals surface area (Å²) in [5.74, 6) is -1.52. The molecular weight excluding hydrogens is 647 g/mol. The normalized spacial score (nSPS) is 13.9. The van der Waals surface area contributed by atoms with Gasteiger partial charge in [0.25, 0.3) is 10.1 Å². The number of aliphatic hydroxyl groups is 2. The molecule has 0 rings (SSSR count). The molecule has 0 aliphatic carbocycles. The minimum atomic E-state index is -4.43. The van der Waals surface area contributed by atoms with Gasteiger partial charge in [-0.3, -0.25) is 9.35 Å². The predicted octanol–water partition coefficient (Wildman–Crippen LogP) is 11.6. The Morgan fingerprint density at radius 3 is 1.20 bits per heavy atom. The van der Waals surface area contributed by atoms with E-state index in [9.17, 15) is 28.0 Å². The van der Waals surface area contributed by atoms with Crippen LogP contribution in [0.4, 0.5) is 0 Å². The fourth-order valence-corrected chi connectivity index (χ4v) is 7.49. The minimum absolute atomic E-state index is 0.286. The smallest absolute Gasteiger partial charge is 0.267 e. The fourth-order valence-electron chi connectivity index (χ4n) is 6.75. The fraction of sp³-hybridized carbons (Fsp3) is 0.929. The maximum atomic E-state index is 12.6. The zero-order valence-corrected chi connectivity index (χ0v) is 33.7. The van der Waals surface area contributed by atoms with Crippen LogP contribution in [0.15, 0.2) is 12.2 Å². The van der Waals surface area contributed by atoms with E-state index in [1.165, 1.54) is 167 Å². The Morgan fingerprint density at radius 1 is 0.540 bits per heavy atom. The van der Waals surface area contributed by atoms with Gasteiger partial charge in [-0.05, 0) is 19.3 Å². The third kappa shape index (κ3) is 35.4. The Kier molecular flexibility index (Phi) is 35.7. The molecule has 0 radical (unpaired) electrons. The predicted molar refractivity (Wildman–Crippen MR) is 213 cm³/mol. The monoisotopic (exact) mass is 730 g/mol. The number of rotatable bonds is 39. The molecule has 0 spiro atoms. The summed E-state index contributed by atoms with van der Waals surface area (Å²) < 4.78 is 32.5. The van der Waals surface area contributed by atoms with E-state index in [4.69, 9.17) is 0 Å². The highest BCUT2D eigenvalue weighted by Gasteiger charge is 2.27. The molecule has 0 aliphatic heterocycles. The van der Waals surface area contributed by atoms with Crippen LogP contribution >= 0.6 is 0 Å². The van der Waals surface area contributed by atoms with Crippen molar-refractivity contribution < 1.29 is 28.0 Å².